The minimum atomic E-state index is 0.284. The number of Topliss-reactive ketones (excluding diaryl/α,β-unsaturated/α-hetero) is 1. The first kappa shape index (κ1) is 12.9. The van der Waals surface area contributed by atoms with Crippen molar-refractivity contribution in [1.82, 2.24) is 15.1 Å². The lowest BCUT2D eigenvalue weighted by atomic mass is 10.1. The van der Waals surface area contributed by atoms with Crippen LogP contribution in [-0.2, 0) is 18.3 Å². The van der Waals surface area contributed by atoms with Gasteiger partial charge in [-0.05, 0) is 25.5 Å². The van der Waals surface area contributed by atoms with Crippen LogP contribution in [0.15, 0.2) is 12.4 Å². The Labute approximate surface area is 97.0 Å². The monoisotopic (exact) mass is 223 g/mol. The van der Waals surface area contributed by atoms with E-state index in [2.05, 4.69) is 17.3 Å². The number of nitrogens with zero attached hydrogens (tertiary/aromatic N) is 2. The van der Waals surface area contributed by atoms with Crippen molar-refractivity contribution in [1.29, 1.82) is 0 Å². The van der Waals surface area contributed by atoms with Gasteiger partial charge in [-0.1, -0.05) is 6.92 Å². The lowest BCUT2D eigenvalue weighted by molar-refractivity contribution is -0.119. The number of hydrogen-bond acceptors (Lipinski definition) is 3. The molecule has 1 rings (SSSR count). The summed E-state index contributed by atoms with van der Waals surface area (Å²) in [5.41, 5.74) is 1.13. The van der Waals surface area contributed by atoms with Crippen LogP contribution in [0.2, 0.25) is 0 Å². The third-order valence-electron chi connectivity index (χ3n) is 2.54. The molecule has 0 aliphatic rings. The Morgan fingerprint density at radius 2 is 2.38 bits per heavy atom. The first-order valence-corrected chi connectivity index (χ1v) is 5.84. The highest BCUT2D eigenvalue weighted by Gasteiger charge is 2.08. The molecule has 4 nitrogen and oxygen atoms in total. The van der Waals surface area contributed by atoms with Gasteiger partial charge in [0.2, 0.25) is 0 Å². The molecule has 1 unspecified atom stereocenters. The van der Waals surface area contributed by atoms with E-state index in [1.54, 1.807) is 4.68 Å². The van der Waals surface area contributed by atoms with Crippen molar-refractivity contribution in [2.75, 3.05) is 6.54 Å². The second-order valence-electron chi connectivity index (χ2n) is 4.22. The summed E-state index contributed by atoms with van der Waals surface area (Å²) in [5.74, 6) is 0.317. The predicted molar refractivity (Wildman–Crippen MR) is 64.3 cm³/mol. The zero-order valence-corrected chi connectivity index (χ0v) is 10.4. The summed E-state index contributed by atoms with van der Waals surface area (Å²) in [5, 5.41) is 7.32. The van der Waals surface area contributed by atoms with E-state index in [1.165, 1.54) is 0 Å². The van der Waals surface area contributed by atoms with Crippen LogP contribution in [0.25, 0.3) is 0 Å². The lowest BCUT2D eigenvalue weighted by Crippen LogP contribution is -2.28. The fourth-order valence-electron chi connectivity index (χ4n) is 1.75. The minimum Gasteiger partial charge on any atom is -0.314 e. The molecule has 0 aliphatic heterocycles. The molecule has 0 spiro atoms. The lowest BCUT2D eigenvalue weighted by Gasteiger charge is -2.10. The average Bonchev–Trinajstić information content (AvgIpc) is 2.61. The molecule has 4 heteroatoms. The number of nitrogens with one attached hydrogen (secondary N) is 1. The molecule has 0 radical (unpaired) electrons. The summed E-state index contributed by atoms with van der Waals surface area (Å²) < 4.78 is 1.76. The van der Waals surface area contributed by atoms with Gasteiger partial charge in [0.25, 0.3) is 0 Å². The fraction of sp³-hybridized carbons (Fsp3) is 0.667. The number of aromatic nitrogens is 2. The molecule has 16 heavy (non-hydrogen) atoms. The van der Waals surface area contributed by atoms with E-state index in [-0.39, 0.29) is 6.04 Å². The van der Waals surface area contributed by atoms with Crippen molar-refractivity contribution < 1.29 is 4.79 Å². The molecule has 0 fully saturated rings. The van der Waals surface area contributed by atoms with Crippen LogP contribution in [0.5, 0.6) is 0 Å². The first-order valence-electron chi connectivity index (χ1n) is 5.84. The van der Waals surface area contributed by atoms with Gasteiger partial charge in [0.15, 0.2) is 0 Å². The van der Waals surface area contributed by atoms with E-state index < -0.39 is 0 Å². The number of ketones is 1. The number of aryl methyl sites for hydroxylation is 2. The summed E-state index contributed by atoms with van der Waals surface area (Å²) in [6.07, 6.45) is 5.81. The van der Waals surface area contributed by atoms with Crippen LogP contribution in [0.3, 0.4) is 0 Å². The van der Waals surface area contributed by atoms with Gasteiger partial charge < -0.3 is 5.32 Å². The summed E-state index contributed by atoms with van der Waals surface area (Å²) in [6, 6.07) is 0.284. The number of carbonyl (C=O) groups is 1. The fourth-order valence-corrected chi connectivity index (χ4v) is 1.75. The zero-order valence-electron chi connectivity index (χ0n) is 10.4. The number of carbonyl (C=O) groups excluding carboxylic acids is 1. The van der Waals surface area contributed by atoms with Gasteiger partial charge in [-0.2, -0.15) is 5.10 Å². The topological polar surface area (TPSA) is 46.9 Å². The molecule has 0 saturated heterocycles. The van der Waals surface area contributed by atoms with E-state index in [0.29, 0.717) is 18.6 Å². The van der Waals surface area contributed by atoms with Gasteiger partial charge in [0.1, 0.15) is 5.78 Å². The Bertz CT molecular complexity index is 333. The second-order valence-corrected chi connectivity index (χ2v) is 4.22. The van der Waals surface area contributed by atoms with Crippen LogP contribution in [-0.4, -0.2) is 28.2 Å². The van der Waals surface area contributed by atoms with Crippen molar-refractivity contribution in [3.63, 3.8) is 0 Å². The smallest absolute Gasteiger partial charge is 0.134 e. The van der Waals surface area contributed by atoms with Gasteiger partial charge in [0, 0.05) is 32.1 Å². The number of rotatable bonds is 7. The van der Waals surface area contributed by atoms with E-state index in [9.17, 15) is 4.79 Å². The highest BCUT2D eigenvalue weighted by Crippen LogP contribution is 2.04. The summed E-state index contributed by atoms with van der Waals surface area (Å²) in [7, 11) is 1.89. The van der Waals surface area contributed by atoms with Crippen molar-refractivity contribution in [3.05, 3.63) is 18.0 Å². The van der Waals surface area contributed by atoms with Crippen LogP contribution in [0.1, 0.15) is 32.3 Å². The van der Waals surface area contributed by atoms with E-state index in [1.807, 2.05) is 26.4 Å². The summed E-state index contributed by atoms with van der Waals surface area (Å²) >= 11 is 0. The molecule has 1 N–H and O–H groups in total. The van der Waals surface area contributed by atoms with Crippen LogP contribution < -0.4 is 5.32 Å². The molecule has 0 amide bonds. The average molecular weight is 223 g/mol. The van der Waals surface area contributed by atoms with Crippen LogP contribution in [0.4, 0.5) is 0 Å². The quantitative estimate of drug-likeness (QED) is 0.758. The van der Waals surface area contributed by atoms with Gasteiger partial charge in [-0.3, -0.25) is 9.48 Å². The van der Waals surface area contributed by atoms with Gasteiger partial charge in [0.05, 0.1) is 6.20 Å². The van der Waals surface area contributed by atoms with Gasteiger partial charge in [-0.15, -0.1) is 0 Å². The first-order chi connectivity index (χ1) is 7.61. The minimum absolute atomic E-state index is 0.284. The molecule has 1 heterocycles. The maximum atomic E-state index is 11.6. The number of hydrogen-bond donors (Lipinski definition) is 1. The Balaban J connectivity index is 2.25. The molecule has 90 valence electrons. The Morgan fingerprint density at radius 3 is 2.94 bits per heavy atom. The Kier molecular flexibility index (Phi) is 5.19. The molecule has 0 aromatic carbocycles. The Hall–Kier alpha value is -1.16. The predicted octanol–water partition coefficient (Wildman–Crippen LogP) is 1.31. The maximum Gasteiger partial charge on any atom is 0.134 e. The highest BCUT2D eigenvalue weighted by atomic mass is 16.1. The molecule has 1 aromatic heterocycles. The summed E-state index contributed by atoms with van der Waals surface area (Å²) in [4.78, 5) is 11.6. The largest absolute Gasteiger partial charge is 0.314 e. The van der Waals surface area contributed by atoms with Crippen LogP contribution >= 0.6 is 0 Å². The molecule has 0 saturated carbocycles. The molecule has 0 bridgehead atoms. The van der Waals surface area contributed by atoms with E-state index in [4.69, 9.17) is 0 Å². The van der Waals surface area contributed by atoms with Gasteiger partial charge >= 0.3 is 0 Å². The zero-order chi connectivity index (χ0) is 12.0. The third kappa shape index (κ3) is 4.57. The molecular weight excluding hydrogens is 202 g/mol. The van der Waals surface area contributed by atoms with E-state index >= 15 is 0 Å². The van der Waals surface area contributed by atoms with Crippen molar-refractivity contribution in [2.24, 2.45) is 7.05 Å². The molecule has 1 aromatic rings. The van der Waals surface area contributed by atoms with Crippen molar-refractivity contribution in [2.45, 2.75) is 39.2 Å². The molecule has 0 aliphatic carbocycles. The Morgan fingerprint density at radius 1 is 1.62 bits per heavy atom. The normalized spacial score (nSPS) is 12.7. The third-order valence-corrected chi connectivity index (χ3v) is 2.54. The van der Waals surface area contributed by atoms with Gasteiger partial charge in [-0.25, -0.2) is 0 Å². The molecular formula is C12H21N3O. The highest BCUT2D eigenvalue weighted by molar-refractivity contribution is 5.79. The summed E-state index contributed by atoms with van der Waals surface area (Å²) in [6.45, 7) is 5.01. The van der Waals surface area contributed by atoms with E-state index in [0.717, 1.165) is 18.5 Å². The van der Waals surface area contributed by atoms with Crippen LogP contribution in [0, 0.1) is 0 Å². The second kappa shape index (κ2) is 6.43. The maximum absolute atomic E-state index is 11.6. The molecule has 1 atom stereocenters. The SMILES string of the molecule is CCNC(C)CC(=O)CCc1cnn(C)c1. The van der Waals surface area contributed by atoms with Crippen molar-refractivity contribution in [3.8, 4) is 0 Å². The standard InChI is InChI=1S/C12H21N3O/c1-4-13-10(2)7-12(16)6-5-11-8-14-15(3)9-11/h8-10,13H,4-7H2,1-3H3. The van der Waals surface area contributed by atoms with Crippen molar-refractivity contribution >= 4 is 5.78 Å².